The fraction of sp³-hybridized carbons (Fsp3) is 0.786. The number of nitrogens with zero attached hydrogens (tertiary/aromatic N) is 1. The van der Waals surface area contributed by atoms with Gasteiger partial charge < -0.3 is 4.52 Å². The van der Waals surface area contributed by atoms with Gasteiger partial charge in [-0.2, -0.15) is 0 Å². The van der Waals surface area contributed by atoms with Crippen LogP contribution in [0.25, 0.3) is 0 Å². The molecular formula is C14H23NO2S. The van der Waals surface area contributed by atoms with Gasteiger partial charge in [0.15, 0.2) is 0 Å². The minimum atomic E-state index is -0.796. The van der Waals surface area contributed by atoms with Gasteiger partial charge >= 0.3 is 0 Å². The summed E-state index contributed by atoms with van der Waals surface area (Å²) in [6.45, 7) is 4.68. The Balaban J connectivity index is 1.72. The molecule has 1 fully saturated rings. The second-order valence-electron chi connectivity index (χ2n) is 5.85. The van der Waals surface area contributed by atoms with Crippen molar-refractivity contribution in [2.45, 2.75) is 45.3 Å². The van der Waals surface area contributed by atoms with Gasteiger partial charge in [-0.25, -0.2) is 0 Å². The van der Waals surface area contributed by atoms with Crippen molar-refractivity contribution in [3.8, 4) is 0 Å². The maximum absolute atomic E-state index is 11.9. The van der Waals surface area contributed by atoms with Crippen molar-refractivity contribution in [1.82, 2.24) is 5.16 Å². The predicted octanol–water partition coefficient (Wildman–Crippen LogP) is 3.39. The van der Waals surface area contributed by atoms with E-state index in [1.54, 1.807) is 6.07 Å². The van der Waals surface area contributed by atoms with Gasteiger partial charge in [-0.15, -0.1) is 0 Å². The average Bonchev–Trinajstić information content (AvgIpc) is 2.78. The van der Waals surface area contributed by atoms with Crippen LogP contribution in [0.1, 0.15) is 45.2 Å². The van der Waals surface area contributed by atoms with Crippen molar-refractivity contribution in [3.63, 3.8) is 0 Å². The van der Waals surface area contributed by atoms with Gasteiger partial charge in [0.2, 0.25) is 0 Å². The van der Waals surface area contributed by atoms with Gasteiger partial charge in [0.25, 0.3) is 0 Å². The van der Waals surface area contributed by atoms with Crippen LogP contribution in [0.2, 0.25) is 0 Å². The molecule has 1 aliphatic carbocycles. The molecule has 0 saturated heterocycles. The van der Waals surface area contributed by atoms with E-state index in [9.17, 15) is 4.21 Å². The third kappa shape index (κ3) is 4.23. The monoisotopic (exact) mass is 269 g/mol. The predicted molar refractivity (Wildman–Crippen MR) is 73.5 cm³/mol. The van der Waals surface area contributed by atoms with Crippen molar-refractivity contribution in [3.05, 3.63) is 18.0 Å². The van der Waals surface area contributed by atoms with Crippen LogP contribution in [0, 0.1) is 17.8 Å². The molecule has 0 aromatic carbocycles. The lowest BCUT2D eigenvalue weighted by Crippen LogP contribution is -2.21. The van der Waals surface area contributed by atoms with Crippen LogP contribution in [0.4, 0.5) is 0 Å². The molecule has 1 aromatic heterocycles. The Kier molecular flexibility index (Phi) is 4.98. The fourth-order valence-electron chi connectivity index (χ4n) is 3.20. The minimum absolute atomic E-state index is 0.536. The second-order valence-corrected chi connectivity index (χ2v) is 7.43. The molecule has 0 bridgehead atoms. The van der Waals surface area contributed by atoms with Crippen molar-refractivity contribution < 1.29 is 8.73 Å². The number of hydrogen-bond acceptors (Lipinski definition) is 3. The van der Waals surface area contributed by atoms with Crippen molar-refractivity contribution in [2.75, 3.05) is 5.75 Å². The summed E-state index contributed by atoms with van der Waals surface area (Å²) in [5.74, 6) is 3.78. The zero-order valence-electron chi connectivity index (χ0n) is 11.3. The van der Waals surface area contributed by atoms with Gasteiger partial charge in [0.1, 0.15) is 6.26 Å². The van der Waals surface area contributed by atoms with Gasteiger partial charge in [-0.3, -0.25) is 4.21 Å². The lowest BCUT2D eigenvalue weighted by molar-refractivity contribution is 0.215. The first kappa shape index (κ1) is 13.8. The molecule has 18 heavy (non-hydrogen) atoms. The lowest BCUT2D eigenvalue weighted by atomic mass is 9.76. The highest BCUT2D eigenvalue weighted by Crippen LogP contribution is 2.34. The van der Waals surface area contributed by atoms with Crippen LogP contribution < -0.4 is 0 Å². The summed E-state index contributed by atoms with van der Waals surface area (Å²) in [5, 5.41) is 3.81. The molecule has 0 radical (unpaired) electrons. The van der Waals surface area contributed by atoms with E-state index in [1.165, 1.54) is 25.5 Å². The third-order valence-electron chi connectivity index (χ3n) is 3.83. The zero-order chi connectivity index (χ0) is 13.0. The van der Waals surface area contributed by atoms with Gasteiger partial charge in [0, 0.05) is 22.6 Å². The van der Waals surface area contributed by atoms with E-state index in [0.29, 0.717) is 5.75 Å². The number of rotatable bonds is 5. The molecule has 2 rings (SSSR count). The molecule has 3 nitrogen and oxygen atoms in total. The van der Waals surface area contributed by atoms with Crippen LogP contribution in [0.15, 0.2) is 16.9 Å². The van der Waals surface area contributed by atoms with E-state index in [4.69, 9.17) is 4.52 Å². The molecule has 1 heterocycles. The topological polar surface area (TPSA) is 43.1 Å². The standard InChI is InChI=1S/C14H23NO2S/c1-11-7-12(2)9-13(8-11)4-6-18(16)10-14-3-5-17-15-14/h3,5,11-13H,4,6-10H2,1-2H3/t11-,12+,13?,18-/m0/s1. The molecule has 1 aromatic rings. The fourth-order valence-corrected chi connectivity index (χ4v) is 4.42. The summed E-state index contributed by atoms with van der Waals surface area (Å²) in [5.41, 5.74) is 0.804. The molecule has 1 aliphatic rings. The molecule has 0 amide bonds. The van der Waals surface area contributed by atoms with Crippen molar-refractivity contribution in [1.29, 1.82) is 0 Å². The highest BCUT2D eigenvalue weighted by molar-refractivity contribution is 7.84. The zero-order valence-corrected chi connectivity index (χ0v) is 12.1. The molecule has 0 aliphatic heterocycles. The first-order valence-electron chi connectivity index (χ1n) is 6.87. The van der Waals surface area contributed by atoms with Gasteiger partial charge in [0.05, 0.1) is 11.4 Å². The third-order valence-corrected chi connectivity index (χ3v) is 5.14. The quantitative estimate of drug-likeness (QED) is 0.823. The number of aromatic nitrogens is 1. The van der Waals surface area contributed by atoms with E-state index in [2.05, 4.69) is 19.0 Å². The molecule has 1 saturated carbocycles. The Morgan fingerprint density at radius 2 is 2.06 bits per heavy atom. The summed E-state index contributed by atoms with van der Waals surface area (Å²) in [7, 11) is -0.796. The molecule has 1 unspecified atom stereocenters. The van der Waals surface area contributed by atoms with E-state index < -0.39 is 10.8 Å². The van der Waals surface area contributed by atoms with E-state index in [1.807, 2.05) is 0 Å². The molecule has 0 spiro atoms. The first-order valence-corrected chi connectivity index (χ1v) is 8.36. The van der Waals surface area contributed by atoms with E-state index in [0.717, 1.165) is 35.6 Å². The molecular weight excluding hydrogens is 246 g/mol. The normalized spacial score (nSPS) is 30.2. The highest BCUT2D eigenvalue weighted by atomic mass is 32.2. The summed E-state index contributed by atoms with van der Waals surface area (Å²) < 4.78 is 16.7. The minimum Gasteiger partial charge on any atom is -0.364 e. The number of hydrogen-bond donors (Lipinski definition) is 0. The maximum Gasteiger partial charge on any atom is 0.124 e. The maximum atomic E-state index is 11.9. The van der Waals surface area contributed by atoms with Gasteiger partial charge in [-0.05, 0) is 43.4 Å². The van der Waals surface area contributed by atoms with Crippen LogP contribution in [-0.2, 0) is 16.6 Å². The average molecular weight is 269 g/mol. The van der Waals surface area contributed by atoms with Crippen LogP contribution in [0.5, 0.6) is 0 Å². The summed E-state index contributed by atoms with van der Waals surface area (Å²) >= 11 is 0. The Bertz CT molecular complexity index is 367. The Morgan fingerprint density at radius 1 is 1.33 bits per heavy atom. The molecule has 4 heteroatoms. The van der Waals surface area contributed by atoms with E-state index >= 15 is 0 Å². The smallest absolute Gasteiger partial charge is 0.124 e. The largest absolute Gasteiger partial charge is 0.364 e. The second kappa shape index (κ2) is 6.50. The van der Waals surface area contributed by atoms with E-state index in [-0.39, 0.29) is 0 Å². The molecule has 102 valence electrons. The summed E-state index contributed by atoms with van der Waals surface area (Å²) in [6.07, 6.45) is 6.62. The van der Waals surface area contributed by atoms with Crippen LogP contribution in [-0.4, -0.2) is 15.1 Å². The van der Waals surface area contributed by atoms with Gasteiger partial charge in [-0.1, -0.05) is 19.0 Å². The molecule has 4 atom stereocenters. The van der Waals surface area contributed by atoms with Crippen LogP contribution >= 0.6 is 0 Å². The SMILES string of the molecule is C[C@@H]1CC(CC[S@](=O)Cc2ccon2)C[C@H](C)C1. The van der Waals surface area contributed by atoms with Crippen LogP contribution in [0.3, 0.4) is 0 Å². The lowest BCUT2D eigenvalue weighted by Gasteiger charge is -2.31. The highest BCUT2D eigenvalue weighted by Gasteiger charge is 2.24. The summed E-state index contributed by atoms with van der Waals surface area (Å²) in [6, 6.07) is 1.79. The molecule has 0 N–H and O–H groups in total. The Labute approximate surface area is 112 Å². The first-order chi connectivity index (χ1) is 8.63. The Hall–Kier alpha value is -0.640. The van der Waals surface area contributed by atoms with Crippen molar-refractivity contribution in [2.24, 2.45) is 17.8 Å². The summed E-state index contributed by atoms with van der Waals surface area (Å²) in [4.78, 5) is 0. The Morgan fingerprint density at radius 3 is 2.67 bits per heavy atom. The van der Waals surface area contributed by atoms with Crippen molar-refractivity contribution >= 4 is 10.8 Å².